The van der Waals surface area contributed by atoms with Gasteiger partial charge >= 0.3 is 0 Å². The molecule has 4 rings (SSSR count). The van der Waals surface area contributed by atoms with Crippen molar-refractivity contribution in [3.8, 4) is 5.69 Å². The third kappa shape index (κ3) is 3.71. The van der Waals surface area contributed by atoms with Crippen LogP contribution in [0.5, 0.6) is 0 Å². The van der Waals surface area contributed by atoms with Crippen LogP contribution in [0.15, 0.2) is 30.6 Å². The Hall–Kier alpha value is -2.28. The summed E-state index contributed by atoms with van der Waals surface area (Å²) >= 11 is 0. The Morgan fingerprint density at radius 3 is 2.60 bits per heavy atom. The lowest BCUT2D eigenvalue weighted by atomic mass is 10.1. The molecule has 2 aromatic rings. The van der Waals surface area contributed by atoms with Crippen LogP contribution in [0.3, 0.4) is 0 Å². The fraction of sp³-hybridized carbons (Fsp3) is 0.556. The van der Waals surface area contributed by atoms with E-state index >= 15 is 0 Å². The van der Waals surface area contributed by atoms with E-state index in [4.69, 9.17) is 0 Å². The van der Waals surface area contributed by atoms with Crippen molar-refractivity contribution in [1.82, 2.24) is 30.0 Å². The molecule has 1 aromatic carbocycles. The standard InChI is InChI=1S/C18H24N6O/c25-18(23-11-3-4-17(23)13-22-9-1-2-10-22)12-15-5-7-16(8-6-15)24-14-19-20-21-24/h5-8,14,17H,1-4,9-13H2. The number of aromatic nitrogens is 4. The highest BCUT2D eigenvalue weighted by Gasteiger charge is 2.30. The Balaban J connectivity index is 1.37. The number of hydrogen-bond acceptors (Lipinski definition) is 5. The molecule has 2 aliphatic heterocycles. The molecule has 132 valence electrons. The zero-order valence-corrected chi connectivity index (χ0v) is 14.4. The second-order valence-electron chi connectivity index (χ2n) is 6.99. The van der Waals surface area contributed by atoms with Crippen LogP contribution in [-0.2, 0) is 11.2 Å². The Kier molecular flexibility index (Phi) is 4.74. The summed E-state index contributed by atoms with van der Waals surface area (Å²) in [4.78, 5) is 17.4. The van der Waals surface area contributed by atoms with Crippen LogP contribution in [0.25, 0.3) is 5.69 Å². The number of nitrogens with zero attached hydrogens (tertiary/aromatic N) is 6. The van der Waals surface area contributed by atoms with Gasteiger partial charge in [-0.2, -0.15) is 0 Å². The number of carbonyl (C=O) groups excluding carboxylic acids is 1. The fourth-order valence-corrected chi connectivity index (χ4v) is 3.94. The summed E-state index contributed by atoms with van der Waals surface area (Å²) in [5, 5.41) is 11.2. The van der Waals surface area contributed by atoms with Gasteiger partial charge < -0.3 is 9.80 Å². The highest BCUT2D eigenvalue weighted by Crippen LogP contribution is 2.21. The van der Waals surface area contributed by atoms with Crippen LogP contribution < -0.4 is 0 Å². The lowest BCUT2D eigenvalue weighted by Crippen LogP contribution is -2.43. The number of hydrogen-bond donors (Lipinski definition) is 0. The van der Waals surface area contributed by atoms with Crippen LogP contribution in [-0.4, -0.2) is 68.1 Å². The van der Waals surface area contributed by atoms with Gasteiger partial charge in [-0.05, 0) is 66.9 Å². The number of tetrazole rings is 1. The Bertz CT molecular complexity index is 693. The van der Waals surface area contributed by atoms with Crippen LogP contribution in [0.4, 0.5) is 0 Å². The first-order valence-corrected chi connectivity index (χ1v) is 9.14. The monoisotopic (exact) mass is 340 g/mol. The predicted molar refractivity (Wildman–Crippen MR) is 93.3 cm³/mol. The average Bonchev–Trinajstić information content (AvgIpc) is 3.39. The molecule has 1 unspecified atom stereocenters. The van der Waals surface area contributed by atoms with Gasteiger partial charge in [-0.1, -0.05) is 12.1 Å². The van der Waals surface area contributed by atoms with Crippen molar-refractivity contribution in [3.63, 3.8) is 0 Å². The molecule has 1 amide bonds. The Morgan fingerprint density at radius 1 is 1.08 bits per heavy atom. The van der Waals surface area contributed by atoms with Gasteiger partial charge in [0, 0.05) is 19.1 Å². The van der Waals surface area contributed by atoms with Crippen molar-refractivity contribution in [2.24, 2.45) is 0 Å². The topological polar surface area (TPSA) is 67.2 Å². The first-order valence-electron chi connectivity index (χ1n) is 9.14. The van der Waals surface area contributed by atoms with E-state index in [1.807, 2.05) is 24.3 Å². The van der Waals surface area contributed by atoms with Crippen molar-refractivity contribution in [2.75, 3.05) is 26.2 Å². The molecule has 0 saturated carbocycles. The van der Waals surface area contributed by atoms with Crippen molar-refractivity contribution in [3.05, 3.63) is 36.2 Å². The van der Waals surface area contributed by atoms with E-state index in [0.29, 0.717) is 12.5 Å². The third-order valence-electron chi connectivity index (χ3n) is 5.27. The molecule has 2 fully saturated rings. The first-order chi connectivity index (χ1) is 12.3. The van der Waals surface area contributed by atoms with Gasteiger partial charge in [0.1, 0.15) is 6.33 Å². The van der Waals surface area contributed by atoms with Gasteiger partial charge in [0.25, 0.3) is 0 Å². The van der Waals surface area contributed by atoms with Crippen molar-refractivity contribution in [1.29, 1.82) is 0 Å². The molecule has 0 spiro atoms. The highest BCUT2D eigenvalue weighted by molar-refractivity contribution is 5.79. The van der Waals surface area contributed by atoms with E-state index in [1.165, 1.54) is 25.9 Å². The minimum absolute atomic E-state index is 0.247. The summed E-state index contributed by atoms with van der Waals surface area (Å²) in [6, 6.07) is 8.27. The quantitative estimate of drug-likeness (QED) is 0.820. The molecule has 1 aromatic heterocycles. The van der Waals surface area contributed by atoms with E-state index < -0.39 is 0 Å². The van der Waals surface area contributed by atoms with Gasteiger partial charge in [-0.3, -0.25) is 4.79 Å². The minimum Gasteiger partial charge on any atom is -0.338 e. The largest absolute Gasteiger partial charge is 0.338 e. The molecular formula is C18H24N6O. The number of amides is 1. The molecule has 0 bridgehead atoms. The third-order valence-corrected chi connectivity index (χ3v) is 5.27. The van der Waals surface area contributed by atoms with Crippen molar-refractivity contribution >= 4 is 5.91 Å². The molecule has 0 radical (unpaired) electrons. The van der Waals surface area contributed by atoms with E-state index in [1.54, 1.807) is 11.0 Å². The lowest BCUT2D eigenvalue weighted by Gasteiger charge is -2.28. The molecule has 0 N–H and O–H groups in total. The summed E-state index contributed by atoms with van der Waals surface area (Å²) in [7, 11) is 0. The zero-order chi connectivity index (χ0) is 17.1. The maximum atomic E-state index is 12.8. The van der Waals surface area contributed by atoms with Crippen LogP contribution in [0.1, 0.15) is 31.2 Å². The zero-order valence-electron chi connectivity index (χ0n) is 14.4. The average molecular weight is 340 g/mol. The SMILES string of the molecule is O=C(Cc1ccc(-n2cnnn2)cc1)N1CCCC1CN1CCCC1. The van der Waals surface area contributed by atoms with E-state index in [9.17, 15) is 4.79 Å². The normalized spacial score (nSPS) is 21.1. The molecule has 1 atom stereocenters. The number of likely N-dealkylation sites (tertiary alicyclic amines) is 2. The fourth-order valence-electron chi connectivity index (χ4n) is 3.94. The maximum Gasteiger partial charge on any atom is 0.227 e. The van der Waals surface area contributed by atoms with E-state index in [-0.39, 0.29) is 5.91 Å². The first kappa shape index (κ1) is 16.2. The van der Waals surface area contributed by atoms with Gasteiger partial charge in [0.2, 0.25) is 5.91 Å². The van der Waals surface area contributed by atoms with Crippen LogP contribution in [0, 0.1) is 0 Å². The van der Waals surface area contributed by atoms with Gasteiger partial charge in [0.05, 0.1) is 12.1 Å². The molecular weight excluding hydrogens is 316 g/mol. The second kappa shape index (κ2) is 7.31. The summed E-state index contributed by atoms with van der Waals surface area (Å²) in [6.45, 7) is 4.33. The van der Waals surface area contributed by atoms with Gasteiger partial charge in [-0.15, -0.1) is 5.10 Å². The van der Waals surface area contributed by atoms with E-state index in [0.717, 1.165) is 37.2 Å². The lowest BCUT2D eigenvalue weighted by molar-refractivity contribution is -0.131. The highest BCUT2D eigenvalue weighted by atomic mass is 16.2. The smallest absolute Gasteiger partial charge is 0.227 e. The molecule has 2 aliphatic rings. The molecule has 7 nitrogen and oxygen atoms in total. The summed E-state index contributed by atoms with van der Waals surface area (Å²) < 4.78 is 1.61. The number of carbonyl (C=O) groups is 1. The number of rotatable bonds is 5. The van der Waals surface area contributed by atoms with Gasteiger partial charge in [0.15, 0.2) is 0 Å². The maximum absolute atomic E-state index is 12.8. The molecule has 25 heavy (non-hydrogen) atoms. The van der Waals surface area contributed by atoms with E-state index in [2.05, 4.69) is 25.3 Å². The molecule has 0 aliphatic carbocycles. The number of benzene rings is 1. The van der Waals surface area contributed by atoms with Crippen LogP contribution >= 0.6 is 0 Å². The Labute approximate surface area is 147 Å². The summed E-state index contributed by atoms with van der Waals surface area (Å²) in [5.41, 5.74) is 1.93. The van der Waals surface area contributed by atoms with Crippen molar-refractivity contribution < 1.29 is 4.79 Å². The molecule has 3 heterocycles. The predicted octanol–water partition coefficient (Wildman–Crippen LogP) is 1.29. The minimum atomic E-state index is 0.247. The summed E-state index contributed by atoms with van der Waals surface area (Å²) in [5.74, 6) is 0.247. The van der Waals surface area contributed by atoms with Crippen LogP contribution in [0.2, 0.25) is 0 Å². The van der Waals surface area contributed by atoms with Crippen molar-refractivity contribution in [2.45, 2.75) is 38.1 Å². The van der Waals surface area contributed by atoms with Gasteiger partial charge in [-0.25, -0.2) is 4.68 Å². The molecule has 2 saturated heterocycles. The second-order valence-corrected chi connectivity index (χ2v) is 6.99. The Morgan fingerprint density at radius 2 is 1.88 bits per heavy atom. The summed E-state index contributed by atoms with van der Waals surface area (Å²) in [6.07, 6.45) is 6.89. The molecule has 7 heteroatoms.